The Balaban J connectivity index is 2.58. The van der Waals surface area contributed by atoms with Crippen LogP contribution in [0.2, 0.25) is 0 Å². The number of amides is 1. The molecule has 1 N–H and O–H groups in total. The van der Waals surface area contributed by atoms with Gasteiger partial charge in [-0.2, -0.15) is 0 Å². The third kappa shape index (κ3) is 2.69. The summed E-state index contributed by atoms with van der Waals surface area (Å²) < 4.78 is 0. The van der Waals surface area contributed by atoms with Crippen LogP contribution in [0.5, 0.6) is 0 Å². The van der Waals surface area contributed by atoms with Crippen LogP contribution in [-0.2, 0) is 4.79 Å². The molecule has 1 unspecified atom stereocenters. The smallest absolute Gasteiger partial charge is 0.251 e. The standard InChI is InChI=1S/C10H19NO2/c1-8-6-4-3-5-7-11(8)10(13)9(2)12/h8-9,12H,3-7H2,1-2H3/t8?,9-/m1/s1. The van der Waals surface area contributed by atoms with Crippen molar-refractivity contribution in [3.05, 3.63) is 0 Å². The molecule has 0 bridgehead atoms. The van der Waals surface area contributed by atoms with E-state index < -0.39 is 6.10 Å². The first-order chi connectivity index (χ1) is 6.13. The Hall–Kier alpha value is -0.570. The maximum Gasteiger partial charge on any atom is 0.251 e. The van der Waals surface area contributed by atoms with E-state index in [1.54, 1.807) is 6.92 Å². The normalized spacial score (nSPS) is 26.7. The third-order valence-corrected chi connectivity index (χ3v) is 2.69. The van der Waals surface area contributed by atoms with Gasteiger partial charge in [-0.1, -0.05) is 12.8 Å². The van der Waals surface area contributed by atoms with Crippen molar-refractivity contribution in [2.24, 2.45) is 0 Å². The number of nitrogens with zero attached hydrogens (tertiary/aromatic N) is 1. The zero-order valence-electron chi connectivity index (χ0n) is 8.49. The van der Waals surface area contributed by atoms with Crippen molar-refractivity contribution >= 4 is 5.91 Å². The van der Waals surface area contributed by atoms with Crippen molar-refractivity contribution in [2.75, 3.05) is 6.54 Å². The summed E-state index contributed by atoms with van der Waals surface area (Å²) in [6, 6.07) is 0.296. The van der Waals surface area contributed by atoms with E-state index in [0.29, 0.717) is 6.04 Å². The van der Waals surface area contributed by atoms with Crippen molar-refractivity contribution in [2.45, 2.75) is 51.7 Å². The largest absolute Gasteiger partial charge is 0.384 e. The molecule has 0 spiro atoms. The second-order valence-corrected chi connectivity index (χ2v) is 3.91. The fraction of sp³-hybridized carbons (Fsp3) is 0.900. The van der Waals surface area contributed by atoms with Crippen LogP contribution in [0.1, 0.15) is 39.5 Å². The molecule has 0 aromatic heterocycles. The Morgan fingerprint density at radius 3 is 2.77 bits per heavy atom. The van der Waals surface area contributed by atoms with Crippen molar-refractivity contribution in [3.63, 3.8) is 0 Å². The van der Waals surface area contributed by atoms with Gasteiger partial charge in [0, 0.05) is 12.6 Å². The number of likely N-dealkylation sites (tertiary alicyclic amines) is 1. The van der Waals surface area contributed by atoms with E-state index in [1.807, 2.05) is 4.90 Å². The maximum absolute atomic E-state index is 11.5. The van der Waals surface area contributed by atoms with Crippen molar-refractivity contribution in [1.82, 2.24) is 4.90 Å². The number of aliphatic hydroxyl groups is 1. The van der Waals surface area contributed by atoms with E-state index in [4.69, 9.17) is 0 Å². The van der Waals surface area contributed by atoms with Crippen LogP contribution in [0.15, 0.2) is 0 Å². The van der Waals surface area contributed by atoms with Crippen LogP contribution >= 0.6 is 0 Å². The number of carbonyl (C=O) groups excluding carboxylic acids is 1. The molecular formula is C10H19NO2. The molecule has 1 aliphatic heterocycles. The summed E-state index contributed by atoms with van der Waals surface area (Å²) in [5.74, 6) is -0.116. The van der Waals surface area contributed by atoms with Crippen LogP contribution in [0.3, 0.4) is 0 Å². The summed E-state index contributed by atoms with van der Waals surface area (Å²) in [6.07, 6.45) is 3.69. The van der Waals surface area contributed by atoms with Gasteiger partial charge in [-0.15, -0.1) is 0 Å². The van der Waals surface area contributed by atoms with E-state index in [1.165, 1.54) is 12.8 Å². The first-order valence-electron chi connectivity index (χ1n) is 5.11. The molecule has 13 heavy (non-hydrogen) atoms. The van der Waals surface area contributed by atoms with E-state index >= 15 is 0 Å². The lowest BCUT2D eigenvalue weighted by molar-refractivity contribution is -0.141. The van der Waals surface area contributed by atoms with Crippen LogP contribution in [0, 0.1) is 0 Å². The zero-order chi connectivity index (χ0) is 9.84. The summed E-state index contributed by atoms with van der Waals surface area (Å²) in [6.45, 7) is 4.41. The molecule has 1 heterocycles. The summed E-state index contributed by atoms with van der Waals surface area (Å²) in [7, 11) is 0. The average Bonchev–Trinajstić information content (AvgIpc) is 2.28. The highest BCUT2D eigenvalue weighted by molar-refractivity contribution is 5.80. The van der Waals surface area contributed by atoms with Crippen molar-refractivity contribution < 1.29 is 9.90 Å². The molecule has 3 nitrogen and oxygen atoms in total. The number of carbonyl (C=O) groups is 1. The fourth-order valence-electron chi connectivity index (χ4n) is 1.84. The lowest BCUT2D eigenvalue weighted by Crippen LogP contribution is -2.43. The predicted molar refractivity (Wildman–Crippen MR) is 51.3 cm³/mol. The van der Waals surface area contributed by atoms with E-state index in [9.17, 15) is 9.90 Å². The van der Waals surface area contributed by atoms with Gasteiger partial charge >= 0.3 is 0 Å². The summed E-state index contributed by atoms with van der Waals surface area (Å²) in [5.41, 5.74) is 0. The van der Waals surface area contributed by atoms with Crippen molar-refractivity contribution in [3.8, 4) is 0 Å². The molecule has 1 saturated heterocycles. The molecule has 0 saturated carbocycles. The molecule has 2 atom stereocenters. The first kappa shape index (κ1) is 10.5. The first-order valence-corrected chi connectivity index (χ1v) is 5.11. The highest BCUT2D eigenvalue weighted by Crippen LogP contribution is 2.16. The van der Waals surface area contributed by atoms with Crippen LogP contribution in [-0.4, -0.2) is 34.6 Å². The van der Waals surface area contributed by atoms with Gasteiger partial charge in [-0.25, -0.2) is 0 Å². The summed E-state index contributed by atoms with van der Waals surface area (Å²) >= 11 is 0. The minimum atomic E-state index is -0.847. The Kier molecular flexibility index (Phi) is 3.72. The lowest BCUT2D eigenvalue weighted by Gasteiger charge is -2.28. The quantitative estimate of drug-likeness (QED) is 0.666. The summed E-state index contributed by atoms with van der Waals surface area (Å²) in [4.78, 5) is 13.4. The van der Waals surface area contributed by atoms with Gasteiger partial charge in [0.1, 0.15) is 6.10 Å². The van der Waals surface area contributed by atoms with Crippen molar-refractivity contribution in [1.29, 1.82) is 0 Å². The third-order valence-electron chi connectivity index (χ3n) is 2.69. The van der Waals surface area contributed by atoms with Gasteiger partial charge in [0.15, 0.2) is 0 Å². The average molecular weight is 185 g/mol. The highest BCUT2D eigenvalue weighted by atomic mass is 16.3. The minimum absolute atomic E-state index is 0.116. The highest BCUT2D eigenvalue weighted by Gasteiger charge is 2.24. The van der Waals surface area contributed by atoms with Gasteiger partial charge in [-0.05, 0) is 26.7 Å². The molecule has 1 fully saturated rings. The van der Waals surface area contributed by atoms with Crippen LogP contribution in [0.4, 0.5) is 0 Å². The molecule has 76 valence electrons. The lowest BCUT2D eigenvalue weighted by atomic mass is 10.1. The second-order valence-electron chi connectivity index (χ2n) is 3.91. The second kappa shape index (κ2) is 4.61. The Morgan fingerprint density at radius 1 is 1.46 bits per heavy atom. The van der Waals surface area contributed by atoms with Crippen LogP contribution in [0.25, 0.3) is 0 Å². The number of rotatable bonds is 1. The molecule has 1 aliphatic rings. The van der Waals surface area contributed by atoms with E-state index in [2.05, 4.69) is 6.92 Å². The topological polar surface area (TPSA) is 40.5 Å². The SMILES string of the molecule is CC1CCCCCN1C(=O)[C@@H](C)O. The number of hydrogen-bond donors (Lipinski definition) is 1. The molecule has 1 amide bonds. The van der Waals surface area contributed by atoms with Gasteiger partial charge in [0.25, 0.3) is 5.91 Å². The fourth-order valence-corrected chi connectivity index (χ4v) is 1.84. The Morgan fingerprint density at radius 2 is 2.15 bits per heavy atom. The molecule has 0 aromatic carbocycles. The van der Waals surface area contributed by atoms with Gasteiger partial charge < -0.3 is 10.0 Å². The molecule has 0 aliphatic carbocycles. The zero-order valence-corrected chi connectivity index (χ0v) is 8.49. The molecule has 1 rings (SSSR count). The van der Waals surface area contributed by atoms with Gasteiger partial charge in [0.2, 0.25) is 0 Å². The molecular weight excluding hydrogens is 166 g/mol. The van der Waals surface area contributed by atoms with Crippen LogP contribution < -0.4 is 0 Å². The molecule has 0 radical (unpaired) electrons. The van der Waals surface area contributed by atoms with E-state index in [0.717, 1.165) is 19.4 Å². The van der Waals surface area contributed by atoms with Gasteiger partial charge in [0.05, 0.1) is 0 Å². The minimum Gasteiger partial charge on any atom is -0.384 e. The molecule has 3 heteroatoms. The Bertz CT molecular complexity index is 180. The van der Waals surface area contributed by atoms with Gasteiger partial charge in [-0.3, -0.25) is 4.79 Å². The molecule has 0 aromatic rings. The maximum atomic E-state index is 11.5. The summed E-state index contributed by atoms with van der Waals surface area (Å²) in [5, 5.41) is 9.19. The number of hydrogen-bond acceptors (Lipinski definition) is 2. The monoisotopic (exact) mass is 185 g/mol. The van der Waals surface area contributed by atoms with E-state index in [-0.39, 0.29) is 5.91 Å². The number of aliphatic hydroxyl groups excluding tert-OH is 1. The Labute approximate surface area is 79.7 Å². The predicted octanol–water partition coefficient (Wildman–Crippen LogP) is 1.16.